The highest BCUT2D eigenvalue weighted by molar-refractivity contribution is 5.90. The molecule has 1 aromatic rings. The maximum absolute atomic E-state index is 13.5. The maximum Gasteiger partial charge on any atom is 0.225 e. The summed E-state index contributed by atoms with van der Waals surface area (Å²) in [5, 5.41) is 2.62. The fourth-order valence-corrected chi connectivity index (χ4v) is 2.86. The van der Waals surface area contributed by atoms with Gasteiger partial charge in [0, 0.05) is 25.6 Å². The van der Waals surface area contributed by atoms with Gasteiger partial charge in [-0.25, -0.2) is 4.39 Å². The third-order valence-electron chi connectivity index (χ3n) is 4.15. The average molecular weight is 293 g/mol. The van der Waals surface area contributed by atoms with Gasteiger partial charge < -0.3 is 11.1 Å². The Labute approximate surface area is 125 Å². The van der Waals surface area contributed by atoms with Crippen LogP contribution >= 0.6 is 0 Å². The van der Waals surface area contributed by atoms with Crippen molar-refractivity contribution in [2.45, 2.75) is 32.2 Å². The van der Waals surface area contributed by atoms with E-state index in [1.807, 2.05) is 0 Å². The molecule has 2 unspecified atom stereocenters. The van der Waals surface area contributed by atoms with E-state index in [4.69, 9.17) is 5.73 Å². The molecular formula is C16H24FN3O. The van der Waals surface area contributed by atoms with Gasteiger partial charge in [0.2, 0.25) is 5.91 Å². The molecule has 2 atom stereocenters. The first-order valence-electron chi connectivity index (χ1n) is 7.58. The molecule has 1 fully saturated rings. The molecule has 1 aliphatic heterocycles. The summed E-state index contributed by atoms with van der Waals surface area (Å²) in [6, 6.07) is 6.57. The van der Waals surface area contributed by atoms with E-state index in [1.54, 1.807) is 18.2 Å². The van der Waals surface area contributed by atoms with Gasteiger partial charge in [0.25, 0.3) is 0 Å². The van der Waals surface area contributed by atoms with Gasteiger partial charge in [-0.2, -0.15) is 0 Å². The second-order valence-electron chi connectivity index (χ2n) is 5.83. The summed E-state index contributed by atoms with van der Waals surface area (Å²) in [6.45, 7) is 4.52. The summed E-state index contributed by atoms with van der Waals surface area (Å²) < 4.78 is 13.5. The van der Waals surface area contributed by atoms with Crippen molar-refractivity contribution >= 4 is 11.6 Å². The lowest BCUT2D eigenvalue weighted by Gasteiger charge is -2.37. The number of benzene rings is 1. The molecule has 116 valence electrons. The largest absolute Gasteiger partial charge is 0.329 e. The van der Waals surface area contributed by atoms with E-state index >= 15 is 0 Å². The zero-order chi connectivity index (χ0) is 15.2. The molecule has 1 amide bonds. The van der Waals surface area contributed by atoms with E-state index < -0.39 is 5.82 Å². The molecule has 1 aromatic carbocycles. The molecule has 0 aromatic heterocycles. The first-order chi connectivity index (χ1) is 10.1. The summed E-state index contributed by atoms with van der Waals surface area (Å²) in [5.41, 5.74) is 6.05. The van der Waals surface area contributed by atoms with Crippen LogP contribution in [0.25, 0.3) is 0 Å². The van der Waals surface area contributed by atoms with Crippen LogP contribution in [0.5, 0.6) is 0 Å². The van der Waals surface area contributed by atoms with Gasteiger partial charge in [0.05, 0.1) is 5.69 Å². The van der Waals surface area contributed by atoms with Crippen molar-refractivity contribution in [3.05, 3.63) is 30.1 Å². The number of amides is 1. The molecule has 5 heteroatoms. The minimum absolute atomic E-state index is 0.158. The molecule has 3 N–H and O–H groups in total. The Morgan fingerprint density at radius 1 is 1.48 bits per heavy atom. The minimum atomic E-state index is -0.405. The van der Waals surface area contributed by atoms with E-state index in [2.05, 4.69) is 17.1 Å². The number of piperidine rings is 1. The minimum Gasteiger partial charge on any atom is -0.329 e. The van der Waals surface area contributed by atoms with Crippen molar-refractivity contribution in [3.63, 3.8) is 0 Å². The number of nitrogens with two attached hydrogens (primary N) is 1. The molecular weight excluding hydrogens is 269 g/mol. The SMILES string of the molecule is CC1CCN(CCC(=O)Nc2ccccc2F)C(CN)C1. The Kier molecular flexibility index (Phi) is 5.70. The number of anilines is 1. The molecule has 0 saturated carbocycles. The number of carbonyl (C=O) groups is 1. The Hall–Kier alpha value is -1.46. The second kappa shape index (κ2) is 7.52. The molecule has 1 aliphatic rings. The number of hydrogen-bond acceptors (Lipinski definition) is 3. The van der Waals surface area contributed by atoms with E-state index in [0.29, 0.717) is 31.5 Å². The maximum atomic E-state index is 13.5. The topological polar surface area (TPSA) is 58.4 Å². The fraction of sp³-hybridized carbons (Fsp3) is 0.562. The van der Waals surface area contributed by atoms with Crippen LogP contribution in [0.3, 0.4) is 0 Å². The highest BCUT2D eigenvalue weighted by atomic mass is 19.1. The predicted molar refractivity (Wildman–Crippen MR) is 82.5 cm³/mol. The molecule has 21 heavy (non-hydrogen) atoms. The first kappa shape index (κ1) is 15.9. The van der Waals surface area contributed by atoms with E-state index in [9.17, 15) is 9.18 Å². The quantitative estimate of drug-likeness (QED) is 0.875. The summed E-state index contributed by atoms with van der Waals surface area (Å²) in [5.74, 6) is 0.133. The van der Waals surface area contributed by atoms with Crippen LogP contribution in [0.1, 0.15) is 26.2 Å². The number of nitrogens with one attached hydrogen (secondary N) is 1. The van der Waals surface area contributed by atoms with Gasteiger partial charge in [0.15, 0.2) is 0 Å². The number of hydrogen-bond donors (Lipinski definition) is 2. The van der Waals surface area contributed by atoms with Gasteiger partial charge in [-0.05, 0) is 37.4 Å². The zero-order valence-electron chi connectivity index (χ0n) is 12.5. The smallest absolute Gasteiger partial charge is 0.225 e. The normalized spacial score (nSPS) is 23.0. The third-order valence-corrected chi connectivity index (χ3v) is 4.15. The molecule has 0 radical (unpaired) electrons. The monoisotopic (exact) mass is 293 g/mol. The van der Waals surface area contributed by atoms with E-state index in [-0.39, 0.29) is 11.6 Å². The lowest BCUT2D eigenvalue weighted by atomic mass is 9.92. The van der Waals surface area contributed by atoms with Crippen LogP contribution in [-0.4, -0.2) is 36.5 Å². The number of para-hydroxylation sites is 1. The number of halogens is 1. The first-order valence-corrected chi connectivity index (χ1v) is 7.58. The Balaban J connectivity index is 1.82. The molecule has 2 rings (SSSR count). The van der Waals surface area contributed by atoms with Crippen LogP contribution in [-0.2, 0) is 4.79 Å². The molecule has 0 bridgehead atoms. The van der Waals surface area contributed by atoms with Crippen molar-refractivity contribution in [2.24, 2.45) is 11.7 Å². The molecule has 1 saturated heterocycles. The molecule has 0 spiro atoms. The Morgan fingerprint density at radius 3 is 2.95 bits per heavy atom. The number of nitrogens with zero attached hydrogens (tertiary/aromatic N) is 1. The molecule has 0 aliphatic carbocycles. The summed E-state index contributed by atoms with van der Waals surface area (Å²) >= 11 is 0. The lowest BCUT2D eigenvalue weighted by Crippen LogP contribution is -2.47. The lowest BCUT2D eigenvalue weighted by molar-refractivity contribution is -0.116. The highest BCUT2D eigenvalue weighted by Crippen LogP contribution is 2.22. The van der Waals surface area contributed by atoms with Crippen LogP contribution in [0.15, 0.2) is 24.3 Å². The predicted octanol–water partition coefficient (Wildman–Crippen LogP) is 2.21. The third kappa shape index (κ3) is 4.51. The number of carbonyl (C=O) groups excluding carboxylic acids is 1. The molecule has 1 heterocycles. The van der Waals surface area contributed by atoms with Crippen molar-refractivity contribution in [1.29, 1.82) is 0 Å². The van der Waals surface area contributed by atoms with Crippen molar-refractivity contribution < 1.29 is 9.18 Å². The Bertz CT molecular complexity index is 480. The summed E-state index contributed by atoms with van der Waals surface area (Å²) in [7, 11) is 0. The van der Waals surface area contributed by atoms with Crippen LogP contribution < -0.4 is 11.1 Å². The van der Waals surface area contributed by atoms with Gasteiger partial charge in [-0.1, -0.05) is 19.1 Å². The fourth-order valence-electron chi connectivity index (χ4n) is 2.86. The van der Waals surface area contributed by atoms with Gasteiger partial charge in [-0.3, -0.25) is 9.69 Å². The van der Waals surface area contributed by atoms with Crippen LogP contribution in [0.4, 0.5) is 10.1 Å². The van der Waals surface area contributed by atoms with Crippen molar-refractivity contribution in [3.8, 4) is 0 Å². The highest BCUT2D eigenvalue weighted by Gasteiger charge is 2.25. The van der Waals surface area contributed by atoms with Crippen LogP contribution in [0.2, 0.25) is 0 Å². The second-order valence-corrected chi connectivity index (χ2v) is 5.83. The number of rotatable bonds is 5. The summed E-state index contributed by atoms with van der Waals surface area (Å²) in [6.07, 6.45) is 2.59. The Morgan fingerprint density at radius 2 is 2.24 bits per heavy atom. The van der Waals surface area contributed by atoms with E-state index in [0.717, 1.165) is 19.4 Å². The average Bonchev–Trinajstić information content (AvgIpc) is 2.48. The van der Waals surface area contributed by atoms with Gasteiger partial charge in [-0.15, -0.1) is 0 Å². The van der Waals surface area contributed by atoms with Crippen molar-refractivity contribution in [1.82, 2.24) is 4.90 Å². The zero-order valence-corrected chi connectivity index (χ0v) is 12.5. The van der Waals surface area contributed by atoms with Crippen LogP contribution in [0, 0.1) is 11.7 Å². The van der Waals surface area contributed by atoms with Crippen molar-refractivity contribution in [2.75, 3.05) is 25.0 Å². The van der Waals surface area contributed by atoms with Gasteiger partial charge in [0.1, 0.15) is 5.82 Å². The summed E-state index contributed by atoms with van der Waals surface area (Å²) in [4.78, 5) is 14.2. The standard InChI is InChI=1S/C16H24FN3O/c1-12-6-8-20(13(10-12)11-18)9-7-16(21)19-15-5-3-2-4-14(15)17/h2-5,12-13H,6-11,18H2,1H3,(H,19,21). The van der Waals surface area contributed by atoms with E-state index in [1.165, 1.54) is 6.07 Å². The number of likely N-dealkylation sites (tertiary alicyclic amines) is 1. The molecule has 4 nitrogen and oxygen atoms in total. The van der Waals surface area contributed by atoms with Gasteiger partial charge >= 0.3 is 0 Å².